The summed E-state index contributed by atoms with van der Waals surface area (Å²) in [5, 5.41) is 91.5. The monoisotopic (exact) mass is 1320 g/mol. The van der Waals surface area contributed by atoms with Crippen LogP contribution in [0.5, 0.6) is 0 Å². The van der Waals surface area contributed by atoms with Gasteiger partial charge in [-0.2, -0.15) is 0 Å². The van der Waals surface area contributed by atoms with Crippen LogP contribution in [0, 0.1) is 10.8 Å². The molecule has 88 heavy (non-hydrogen) atoms. The SMILES string of the molecule is CC(C)(C)c1ccc(C(O)(c2ccc(C(C)(C)C)cc2C(C)(C)C)C(CO)(CO)CO)c(C(C)(C)C)c1.CC(C)(C)c1cccc(C(C)(C)C)c1C(O)(c1c(C(C)(C)C)cccc1C(C)(C)C)C(CO)(CO)CO.OP(O)OP(O)O.OP(O)OP(O)O. The van der Waals surface area contributed by atoms with Gasteiger partial charge in [-0.15, -0.1) is 0 Å². The van der Waals surface area contributed by atoms with E-state index in [0.29, 0.717) is 22.3 Å². The first-order valence-electron chi connectivity index (χ1n) is 29.3. The van der Waals surface area contributed by atoms with Gasteiger partial charge in [-0.25, -0.2) is 8.62 Å². The maximum absolute atomic E-state index is 13.6. The number of hydrogen-bond acceptors (Lipinski definition) is 18. The lowest BCUT2D eigenvalue weighted by Gasteiger charge is -2.51. The number of benzene rings is 4. The molecule has 0 spiro atoms. The fraction of sp³-hybridized carbons (Fsp3) is 0.636. The predicted octanol–water partition coefficient (Wildman–Crippen LogP) is 11.0. The highest BCUT2D eigenvalue weighted by atomic mass is 31.2. The van der Waals surface area contributed by atoms with Gasteiger partial charge >= 0.3 is 34.4 Å². The molecule has 18 nitrogen and oxygen atoms in total. The fourth-order valence-electron chi connectivity index (χ4n) is 10.8. The zero-order valence-corrected chi connectivity index (χ0v) is 60.5. The normalized spacial score (nSPS) is 13.8. The van der Waals surface area contributed by atoms with E-state index in [1.807, 2.05) is 60.7 Å². The van der Waals surface area contributed by atoms with Crippen LogP contribution in [-0.2, 0) is 63.1 Å². The van der Waals surface area contributed by atoms with Crippen LogP contribution in [0.25, 0.3) is 0 Å². The molecule has 0 unspecified atom stereocenters. The molecule has 0 aliphatic heterocycles. The summed E-state index contributed by atoms with van der Waals surface area (Å²) in [6.07, 6.45) is 0. The average Bonchev–Trinajstić information content (AvgIpc) is 0.773. The van der Waals surface area contributed by atoms with Gasteiger partial charge in [0.15, 0.2) is 0 Å². The lowest BCUT2D eigenvalue weighted by molar-refractivity contribution is -0.138. The smallest absolute Gasteiger partial charge is 0.334 e. The maximum Gasteiger partial charge on any atom is 0.334 e. The highest BCUT2D eigenvalue weighted by Gasteiger charge is 2.58. The van der Waals surface area contributed by atoms with Gasteiger partial charge in [0.05, 0.1) is 50.5 Å². The molecular formula is C66H112O18P4. The summed E-state index contributed by atoms with van der Waals surface area (Å²) < 4.78 is 7.20. The third-order valence-electron chi connectivity index (χ3n) is 15.9. The molecule has 0 atom stereocenters. The quantitative estimate of drug-likeness (QED) is 0.0463. The maximum atomic E-state index is 13.6. The Morgan fingerprint density at radius 3 is 0.636 bits per heavy atom. The number of aliphatic hydroxyl groups is 8. The molecule has 0 amide bonds. The Bertz CT molecular complexity index is 2550. The van der Waals surface area contributed by atoms with Crippen molar-refractivity contribution in [2.75, 3.05) is 39.6 Å². The zero-order valence-electron chi connectivity index (χ0n) is 56.9. The van der Waals surface area contributed by atoms with Crippen LogP contribution in [0.4, 0.5) is 0 Å². The third-order valence-corrected chi connectivity index (χ3v) is 18.2. The third kappa shape index (κ3) is 20.4. The highest BCUT2D eigenvalue weighted by Crippen LogP contribution is 2.56. The molecule has 0 heterocycles. The predicted molar refractivity (Wildman–Crippen MR) is 356 cm³/mol. The van der Waals surface area contributed by atoms with Gasteiger partial charge in [-0.3, -0.25) is 0 Å². The number of aliphatic hydroxyl groups excluding tert-OH is 6. The summed E-state index contributed by atoms with van der Waals surface area (Å²) in [5.74, 6) is 0. The van der Waals surface area contributed by atoms with E-state index in [0.717, 1.165) is 44.5 Å². The molecule has 4 aromatic carbocycles. The lowest BCUT2D eigenvalue weighted by Crippen LogP contribution is -2.57. The second kappa shape index (κ2) is 31.4. The van der Waals surface area contributed by atoms with E-state index in [1.165, 1.54) is 0 Å². The minimum absolute atomic E-state index is 0.108. The van der Waals surface area contributed by atoms with Crippen LogP contribution >= 0.6 is 34.4 Å². The van der Waals surface area contributed by atoms with Crippen LogP contribution in [0.2, 0.25) is 0 Å². The Kier molecular flexibility index (Phi) is 29.9. The van der Waals surface area contributed by atoms with Gasteiger partial charge in [-0.05, 0) is 110 Å². The van der Waals surface area contributed by atoms with E-state index >= 15 is 0 Å². The van der Waals surface area contributed by atoms with Gasteiger partial charge < -0.3 is 80.0 Å². The Balaban J connectivity index is 0.000000721. The van der Waals surface area contributed by atoms with E-state index in [9.17, 15) is 40.9 Å². The molecule has 0 bridgehead atoms. The van der Waals surface area contributed by atoms with Crippen molar-refractivity contribution in [1.82, 2.24) is 0 Å². The van der Waals surface area contributed by atoms with Gasteiger partial charge in [0.25, 0.3) is 0 Å². The van der Waals surface area contributed by atoms with Crippen molar-refractivity contribution >= 4 is 34.4 Å². The van der Waals surface area contributed by atoms with Gasteiger partial charge in [0.2, 0.25) is 0 Å². The minimum atomic E-state index is -2.61. The Labute approximate surface area is 531 Å². The molecular weight excluding hydrogens is 1200 g/mol. The molecule has 0 aliphatic rings. The second-order valence-electron chi connectivity index (χ2n) is 31.1. The summed E-state index contributed by atoms with van der Waals surface area (Å²) in [5.41, 5.74) is 0.841. The topological polar surface area (TPSA) is 342 Å². The Morgan fingerprint density at radius 1 is 0.273 bits per heavy atom. The molecule has 16 N–H and O–H groups in total. The van der Waals surface area contributed by atoms with E-state index in [2.05, 4.69) is 187 Å². The summed E-state index contributed by atoms with van der Waals surface area (Å²) >= 11 is 0. The first-order valence-corrected chi connectivity index (χ1v) is 33.9. The minimum Gasteiger partial charge on any atom is -0.395 e. The zero-order chi connectivity index (χ0) is 69.4. The fourth-order valence-corrected chi connectivity index (χ4v) is 11.8. The molecule has 22 heteroatoms. The van der Waals surface area contributed by atoms with Crippen LogP contribution in [0.3, 0.4) is 0 Å². The van der Waals surface area contributed by atoms with E-state index in [-0.39, 0.29) is 43.3 Å². The summed E-state index contributed by atoms with van der Waals surface area (Å²) in [6, 6.07) is 24.3. The van der Waals surface area contributed by atoms with Crippen LogP contribution in [0.1, 0.15) is 233 Å². The van der Waals surface area contributed by atoms with Crippen molar-refractivity contribution in [2.24, 2.45) is 10.8 Å². The molecule has 0 aromatic heterocycles. The van der Waals surface area contributed by atoms with Crippen molar-refractivity contribution in [1.29, 1.82) is 0 Å². The average molecular weight is 1320 g/mol. The molecule has 4 aromatic rings. The first kappa shape index (κ1) is 83.9. The Hall–Kier alpha value is -2.12. The molecule has 0 fully saturated rings. The van der Waals surface area contributed by atoms with Crippen LogP contribution < -0.4 is 0 Å². The van der Waals surface area contributed by atoms with E-state index in [4.69, 9.17) is 39.1 Å². The van der Waals surface area contributed by atoms with Gasteiger partial charge in [-0.1, -0.05) is 239 Å². The van der Waals surface area contributed by atoms with Crippen molar-refractivity contribution in [2.45, 2.75) is 221 Å². The summed E-state index contributed by atoms with van der Waals surface area (Å²) in [6.45, 7) is 47.3. The molecule has 0 saturated heterocycles. The molecule has 0 saturated carbocycles. The van der Waals surface area contributed by atoms with Crippen LogP contribution in [0.15, 0.2) is 72.8 Å². The number of hydrogen-bond donors (Lipinski definition) is 16. The first-order chi connectivity index (χ1) is 39.5. The molecule has 0 aliphatic carbocycles. The largest absolute Gasteiger partial charge is 0.395 e. The highest BCUT2D eigenvalue weighted by molar-refractivity contribution is 7.53. The van der Waals surface area contributed by atoms with E-state index in [1.54, 1.807) is 0 Å². The van der Waals surface area contributed by atoms with Gasteiger partial charge in [0, 0.05) is 0 Å². The molecule has 504 valence electrons. The Morgan fingerprint density at radius 2 is 0.477 bits per heavy atom. The summed E-state index contributed by atoms with van der Waals surface area (Å²) in [7, 11) is -10.4. The lowest BCUT2D eigenvalue weighted by atomic mass is 9.56. The van der Waals surface area contributed by atoms with Crippen molar-refractivity contribution in [3.05, 3.63) is 140 Å². The number of rotatable bonds is 16. The standard InChI is InChI=1S/2C33H52O4.2H4O5P2/c1-28(2,3)22-13-15-24(26(17-22)30(7,8)9)33(37,32(19-34,20-35)21-36)25-16-14-23(29(4,5)6)18-27(25)31(10,11)12;1-28(2,3)22-15-13-16-23(29(4,5)6)26(22)33(37,32(19-34,20-35)21-36)27-24(30(7,8)9)17-14-18-25(27)31(10,11)12;2*1-6(2)5-7(3)4/h2*13-18,34-37H,19-21H2,1-12H3;2*1-4H. The van der Waals surface area contributed by atoms with Crippen molar-refractivity contribution < 1.29 is 88.6 Å². The molecule has 0 radical (unpaired) electrons. The second-order valence-corrected chi connectivity index (χ2v) is 34.4. The summed E-state index contributed by atoms with van der Waals surface area (Å²) in [4.78, 5) is 62.5. The van der Waals surface area contributed by atoms with Crippen LogP contribution in [-0.4, -0.2) is 120 Å². The molecule has 4 rings (SSSR count). The van der Waals surface area contributed by atoms with Gasteiger partial charge in [0.1, 0.15) is 11.2 Å². The van der Waals surface area contributed by atoms with E-state index < -0.39 is 96.1 Å². The van der Waals surface area contributed by atoms with Crippen molar-refractivity contribution in [3.63, 3.8) is 0 Å². The van der Waals surface area contributed by atoms with Crippen molar-refractivity contribution in [3.8, 4) is 0 Å².